The standard InChI is InChI=1S/C18H19N3.2ClH/c1-3-7-16(8-4-1)13-19-14-18-20-11-12-21(18)15-17-9-5-2-6-10-17;;/h1-12,19H,13-15H2;2*1H. The van der Waals surface area contributed by atoms with E-state index < -0.39 is 0 Å². The number of rotatable bonds is 6. The highest BCUT2D eigenvalue weighted by molar-refractivity contribution is 5.85. The van der Waals surface area contributed by atoms with Gasteiger partial charge in [-0.2, -0.15) is 0 Å². The van der Waals surface area contributed by atoms with E-state index in [1.165, 1.54) is 11.1 Å². The van der Waals surface area contributed by atoms with Gasteiger partial charge in [-0.3, -0.25) is 0 Å². The molecule has 0 saturated heterocycles. The normalized spacial score (nSPS) is 9.74. The van der Waals surface area contributed by atoms with Crippen molar-refractivity contribution >= 4 is 24.8 Å². The molecule has 0 amide bonds. The summed E-state index contributed by atoms with van der Waals surface area (Å²) in [6.07, 6.45) is 3.90. The van der Waals surface area contributed by atoms with E-state index in [1.807, 2.05) is 24.5 Å². The Bertz CT molecular complexity index is 669. The molecule has 0 aliphatic carbocycles. The Morgan fingerprint density at radius 1 is 0.783 bits per heavy atom. The van der Waals surface area contributed by atoms with E-state index >= 15 is 0 Å². The van der Waals surface area contributed by atoms with Crippen LogP contribution in [-0.4, -0.2) is 9.55 Å². The highest BCUT2D eigenvalue weighted by Crippen LogP contribution is 2.06. The first-order valence-electron chi connectivity index (χ1n) is 7.20. The largest absolute Gasteiger partial charge is 0.329 e. The number of nitrogens with zero attached hydrogens (tertiary/aromatic N) is 2. The van der Waals surface area contributed by atoms with Gasteiger partial charge in [0.05, 0.1) is 6.54 Å². The first-order chi connectivity index (χ1) is 10.4. The molecule has 23 heavy (non-hydrogen) atoms. The van der Waals surface area contributed by atoms with Crippen molar-refractivity contribution in [2.75, 3.05) is 0 Å². The molecule has 0 aliphatic heterocycles. The number of aromatic nitrogens is 2. The molecule has 0 spiro atoms. The van der Waals surface area contributed by atoms with Crippen molar-refractivity contribution in [2.24, 2.45) is 0 Å². The van der Waals surface area contributed by atoms with E-state index in [4.69, 9.17) is 0 Å². The van der Waals surface area contributed by atoms with Gasteiger partial charge in [-0.1, -0.05) is 60.7 Å². The van der Waals surface area contributed by atoms with Gasteiger partial charge in [0.15, 0.2) is 0 Å². The second kappa shape index (κ2) is 10.1. The zero-order chi connectivity index (χ0) is 14.3. The molecule has 3 rings (SSSR count). The third-order valence-corrected chi connectivity index (χ3v) is 3.45. The van der Waals surface area contributed by atoms with Gasteiger partial charge >= 0.3 is 0 Å². The zero-order valence-electron chi connectivity index (χ0n) is 12.8. The summed E-state index contributed by atoms with van der Waals surface area (Å²) in [5, 5.41) is 3.45. The highest BCUT2D eigenvalue weighted by Gasteiger charge is 2.03. The summed E-state index contributed by atoms with van der Waals surface area (Å²) >= 11 is 0. The summed E-state index contributed by atoms with van der Waals surface area (Å²) in [5.41, 5.74) is 2.58. The maximum Gasteiger partial charge on any atom is 0.122 e. The molecule has 122 valence electrons. The molecule has 0 atom stereocenters. The Hall–Kier alpha value is -1.81. The molecule has 1 heterocycles. The predicted molar refractivity (Wildman–Crippen MR) is 99.3 cm³/mol. The van der Waals surface area contributed by atoms with Crippen molar-refractivity contribution in [2.45, 2.75) is 19.6 Å². The maximum atomic E-state index is 4.44. The van der Waals surface area contributed by atoms with E-state index in [9.17, 15) is 0 Å². The minimum Gasteiger partial charge on any atom is -0.329 e. The van der Waals surface area contributed by atoms with E-state index in [-0.39, 0.29) is 24.8 Å². The Morgan fingerprint density at radius 3 is 2.04 bits per heavy atom. The lowest BCUT2D eigenvalue weighted by Crippen LogP contribution is -2.17. The number of halogens is 2. The summed E-state index contributed by atoms with van der Waals surface area (Å²) < 4.78 is 2.19. The SMILES string of the molecule is Cl.Cl.c1ccc(CNCc2nccn2Cc2ccccc2)cc1. The van der Waals surface area contributed by atoms with Gasteiger partial charge in [0, 0.05) is 25.5 Å². The van der Waals surface area contributed by atoms with Crippen LogP contribution < -0.4 is 5.32 Å². The van der Waals surface area contributed by atoms with Crippen LogP contribution in [-0.2, 0) is 19.6 Å². The summed E-state index contributed by atoms with van der Waals surface area (Å²) in [4.78, 5) is 4.44. The third-order valence-electron chi connectivity index (χ3n) is 3.45. The predicted octanol–water partition coefficient (Wildman–Crippen LogP) is 4.06. The van der Waals surface area contributed by atoms with Crippen molar-refractivity contribution in [3.8, 4) is 0 Å². The van der Waals surface area contributed by atoms with Crippen molar-refractivity contribution < 1.29 is 0 Å². The monoisotopic (exact) mass is 349 g/mol. The summed E-state index contributed by atoms with van der Waals surface area (Å²) in [7, 11) is 0. The molecule has 0 saturated carbocycles. The van der Waals surface area contributed by atoms with Crippen LogP contribution in [0.4, 0.5) is 0 Å². The number of hydrogen-bond donors (Lipinski definition) is 1. The van der Waals surface area contributed by atoms with Gasteiger partial charge < -0.3 is 9.88 Å². The van der Waals surface area contributed by atoms with Crippen LogP contribution in [0.5, 0.6) is 0 Å². The van der Waals surface area contributed by atoms with Gasteiger partial charge in [-0.15, -0.1) is 24.8 Å². The molecule has 3 aromatic rings. The van der Waals surface area contributed by atoms with Gasteiger partial charge in [-0.25, -0.2) is 4.98 Å². The Balaban J connectivity index is 0.00000132. The number of nitrogens with one attached hydrogen (secondary N) is 1. The van der Waals surface area contributed by atoms with Gasteiger partial charge in [-0.05, 0) is 11.1 Å². The zero-order valence-corrected chi connectivity index (χ0v) is 14.4. The molecule has 2 aromatic carbocycles. The smallest absolute Gasteiger partial charge is 0.122 e. The summed E-state index contributed by atoms with van der Waals surface area (Å²) in [5.74, 6) is 1.06. The number of hydrogen-bond acceptors (Lipinski definition) is 2. The van der Waals surface area contributed by atoms with Crippen molar-refractivity contribution in [3.63, 3.8) is 0 Å². The molecule has 0 fully saturated rings. The van der Waals surface area contributed by atoms with Gasteiger partial charge in [0.1, 0.15) is 5.82 Å². The fraction of sp³-hybridized carbons (Fsp3) is 0.167. The molecule has 0 bridgehead atoms. The Kier molecular flexibility index (Phi) is 8.41. The lowest BCUT2D eigenvalue weighted by molar-refractivity contribution is 0.621. The molecule has 0 aliphatic rings. The quantitative estimate of drug-likeness (QED) is 0.726. The molecule has 3 nitrogen and oxygen atoms in total. The van der Waals surface area contributed by atoms with Crippen LogP contribution in [0.2, 0.25) is 0 Å². The van der Waals surface area contributed by atoms with E-state index in [1.54, 1.807) is 0 Å². The molecule has 5 heteroatoms. The van der Waals surface area contributed by atoms with Crippen LogP contribution in [0.15, 0.2) is 73.1 Å². The number of imidazole rings is 1. The number of benzene rings is 2. The molecule has 0 unspecified atom stereocenters. The highest BCUT2D eigenvalue weighted by atomic mass is 35.5. The fourth-order valence-electron chi connectivity index (χ4n) is 2.35. The average Bonchev–Trinajstić information content (AvgIpc) is 2.97. The second-order valence-corrected chi connectivity index (χ2v) is 5.05. The Morgan fingerprint density at radius 2 is 1.39 bits per heavy atom. The van der Waals surface area contributed by atoms with Gasteiger partial charge in [0.25, 0.3) is 0 Å². The Labute approximate surface area is 149 Å². The van der Waals surface area contributed by atoms with E-state index in [2.05, 4.69) is 63.4 Å². The average molecular weight is 350 g/mol. The maximum absolute atomic E-state index is 4.44. The van der Waals surface area contributed by atoms with E-state index in [0.717, 1.165) is 25.5 Å². The first kappa shape index (κ1) is 19.2. The van der Waals surface area contributed by atoms with Crippen molar-refractivity contribution in [1.29, 1.82) is 0 Å². The molecule has 1 N–H and O–H groups in total. The lowest BCUT2D eigenvalue weighted by atomic mass is 10.2. The van der Waals surface area contributed by atoms with Crippen LogP contribution in [0.1, 0.15) is 17.0 Å². The van der Waals surface area contributed by atoms with Crippen LogP contribution in [0.3, 0.4) is 0 Å². The van der Waals surface area contributed by atoms with E-state index in [0.29, 0.717) is 0 Å². The minimum atomic E-state index is 0. The second-order valence-electron chi connectivity index (χ2n) is 5.05. The summed E-state index contributed by atoms with van der Waals surface area (Å²) in [6, 6.07) is 20.9. The lowest BCUT2D eigenvalue weighted by Gasteiger charge is -2.09. The van der Waals surface area contributed by atoms with Crippen molar-refractivity contribution in [1.82, 2.24) is 14.9 Å². The molecular formula is C18H21Cl2N3. The first-order valence-corrected chi connectivity index (χ1v) is 7.20. The topological polar surface area (TPSA) is 29.9 Å². The van der Waals surface area contributed by atoms with Gasteiger partial charge in [0.2, 0.25) is 0 Å². The van der Waals surface area contributed by atoms with Crippen LogP contribution in [0, 0.1) is 0 Å². The fourth-order valence-corrected chi connectivity index (χ4v) is 2.35. The minimum absolute atomic E-state index is 0. The molecular weight excluding hydrogens is 329 g/mol. The molecule has 1 aromatic heterocycles. The van der Waals surface area contributed by atoms with Crippen molar-refractivity contribution in [3.05, 3.63) is 90.0 Å². The van der Waals surface area contributed by atoms with Crippen LogP contribution >= 0.6 is 24.8 Å². The molecule has 0 radical (unpaired) electrons. The van der Waals surface area contributed by atoms with Crippen LogP contribution in [0.25, 0.3) is 0 Å². The third kappa shape index (κ3) is 5.71. The summed E-state index contributed by atoms with van der Waals surface area (Å²) in [6.45, 7) is 2.50.